The van der Waals surface area contributed by atoms with Gasteiger partial charge in [-0.05, 0) is 62.0 Å². The molecule has 1 N–H and O–H groups in total. The van der Waals surface area contributed by atoms with Gasteiger partial charge in [-0.15, -0.1) is 0 Å². The van der Waals surface area contributed by atoms with E-state index in [-0.39, 0.29) is 31.4 Å². The highest BCUT2D eigenvalue weighted by Crippen LogP contribution is 2.55. The Morgan fingerprint density at radius 3 is 2.59 bits per heavy atom. The summed E-state index contributed by atoms with van der Waals surface area (Å²) in [5.41, 5.74) is -0.453. The molecule has 1 aliphatic rings. The van der Waals surface area contributed by atoms with Crippen LogP contribution in [0.2, 0.25) is 5.28 Å². The van der Waals surface area contributed by atoms with Crippen LogP contribution in [0.4, 0.5) is 13.2 Å². The van der Waals surface area contributed by atoms with E-state index >= 15 is 0 Å². The molecule has 2 aromatic rings. The van der Waals surface area contributed by atoms with E-state index in [2.05, 4.69) is 36.8 Å². The zero-order valence-electron chi connectivity index (χ0n) is 14.3. The topological polar surface area (TPSA) is 90.3 Å². The molecular formula is C15H11Br2ClF3N3O4S. The summed E-state index contributed by atoms with van der Waals surface area (Å²) in [5.74, 6) is -2.53. The summed E-state index contributed by atoms with van der Waals surface area (Å²) in [5, 5.41) is -0.362. The normalized spacial score (nSPS) is 19.1. The number of halogens is 6. The van der Waals surface area contributed by atoms with Gasteiger partial charge in [0, 0.05) is 16.6 Å². The number of nitrogens with zero attached hydrogens (tertiary/aromatic N) is 2. The van der Waals surface area contributed by atoms with Crippen LogP contribution in [-0.4, -0.2) is 37.2 Å². The summed E-state index contributed by atoms with van der Waals surface area (Å²) in [6.45, 7) is 0. The van der Waals surface area contributed by atoms with Crippen molar-refractivity contribution in [2.24, 2.45) is 5.92 Å². The number of ether oxygens (including phenoxy) is 1. The van der Waals surface area contributed by atoms with Gasteiger partial charge < -0.3 is 9.30 Å². The minimum absolute atomic E-state index is 0.142. The lowest BCUT2D eigenvalue weighted by Crippen LogP contribution is -2.31. The fraction of sp³-hybridized carbons (Fsp3) is 0.333. The monoisotopic (exact) mass is 579 g/mol. The molecule has 1 fully saturated rings. The summed E-state index contributed by atoms with van der Waals surface area (Å²) in [6, 6.07) is 3.10. The molecule has 1 aliphatic carbocycles. The number of carbonyl (C=O) groups is 1. The van der Waals surface area contributed by atoms with Crippen LogP contribution in [0, 0.1) is 5.92 Å². The highest BCUT2D eigenvalue weighted by atomic mass is 79.9. The van der Waals surface area contributed by atoms with E-state index in [1.54, 1.807) is 0 Å². The minimum atomic E-state index is -4.41. The van der Waals surface area contributed by atoms with Crippen molar-refractivity contribution in [2.45, 2.75) is 23.5 Å². The first kappa shape index (κ1) is 22.4. The first-order valence-corrected chi connectivity index (χ1v) is 11.2. The SMILES string of the molecule is COc1ccc(Br)c(S(=O)(=O)NC(=O)c2nc(Cl)n([C@H]3C[C@@H]3C(F)(F)F)c2Br)c1. The maximum atomic E-state index is 12.8. The number of sulfonamides is 1. The number of nitrogens with one attached hydrogen (secondary N) is 1. The van der Waals surface area contributed by atoms with Gasteiger partial charge in [0.2, 0.25) is 5.28 Å². The van der Waals surface area contributed by atoms with Crippen LogP contribution in [0.3, 0.4) is 0 Å². The molecule has 1 heterocycles. The van der Waals surface area contributed by atoms with Crippen LogP contribution in [-0.2, 0) is 10.0 Å². The van der Waals surface area contributed by atoms with Crippen molar-refractivity contribution in [3.63, 3.8) is 0 Å². The average molecular weight is 582 g/mol. The number of amides is 1. The molecule has 0 saturated heterocycles. The molecule has 0 unspecified atom stereocenters. The van der Waals surface area contributed by atoms with Gasteiger partial charge in [0.05, 0.1) is 13.0 Å². The molecule has 0 radical (unpaired) electrons. The van der Waals surface area contributed by atoms with Crippen LogP contribution in [0.1, 0.15) is 23.0 Å². The lowest BCUT2D eigenvalue weighted by Gasteiger charge is -2.10. The zero-order chi connectivity index (χ0) is 21.7. The van der Waals surface area contributed by atoms with E-state index in [0.29, 0.717) is 0 Å². The number of carbonyl (C=O) groups excluding carboxylic acids is 1. The summed E-state index contributed by atoms with van der Waals surface area (Å²) in [7, 11) is -3.01. The summed E-state index contributed by atoms with van der Waals surface area (Å²) >= 11 is 12.0. The maximum Gasteiger partial charge on any atom is 0.393 e. The van der Waals surface area contributed by atoms with Gasteiger partial charge in [0.1, 0.15) is 15.2 Å². The lowest BCUT2D eigenvalue weighted by molar-refractivity contribution is -0.150. The number of methoxy groups -OCH3 is 1. The molecule has 2 atom stereocenters. The molecule has 0 aliphatic heterocycles. The molecule has 14 heteroatoms. The number of rotatable bonds is 5. The summed E-state index contributed by atoms with van der Waals surface area (Å²) in [6.07, 6.45) is -4.63. The molecule has 0 spiro atoms. The molecular weight excluding hydrogens is 571 g/mol. The average Bonchev–Trinajstić information content (AvgIpc) is 3.34. The van der Waals surface area contributed by atoms with Crippen molar-refractivity contribution in [3.8, 4) is 5.75 Å². The first-order valence-electron chi connectivity index (χ1n) is 7.77. The van der Waals surface area contributed by atoms with Gasteiger partial charge in [0.25, 0.3) is 15.9 Å². The third-order valence-corrected chi connectivity index (χ3v) is 7.54. The smallest absolute Gasteiger partial charge is 0.393 e. The Kier molecular flexibility index (Phi) is 5.98. The predicted octanol–water partition coefficient (Wildman–Crippen LogP) is 4.31. The van der Waals surface area contributed by atoms with Crippen molar-refractivity contribution in [1.82, 2.24) is 14.3 Å². The molecule has 1 saturated carbocycles. The molecule has 158 valence electrons. The van der Waals surface area contributed by atoms with E-state index in [9.17, 15) is 26.4 Å². The van der Waals surface area contributed by atoms with Gasteiger partial charge in [0.15, 0.2) is 5.69 Å². The van der Waals surface area contributed by atoms with Gasteiger partial charge in [-0.25, -0.2) is 18.1 Å². The summed E-state index contributed by atoms with van der Waals surface area (Å²) in [4.78, 5) is 15.9. The van der Waals surface area contributed by atoms with Crippen molar-refractivity contribution in [3.05, 3.63) is 38.3 Å². The predicted molar refractivity (Wildman–Crippen MR) is 103 cm³/mol. The highest BCUT2D eigenvalue weighted by molar-refractivity contribution is 9.10. The number of aromatic nitrogens is 2. The van der Waals surface area contributed by atoms with Gasteiger partial charge in [-0.3, -0.25) is 4.79 Å². The fourth-order valence-corrected chi connectivity index (χ4v) is 5.70. The van der Waals surface area contributed by atoms with Crippen LogP contribution < -0.4 is 9.46 Å². The van der Waals surface area contributed by atoms with Crippen molar-refractivity contribution in [1.29, 1.82) is 0 Å². The number of benzene rings is 1. The molecule has 7 nitrogen and oxygen atoms in total. The zero-order valence-corrected chi connectivity index (χ0v) is 19.0. The Hall–Kier alpha value is -1.31. The van der Waals surface area contributed by atoms with Crippen molar-refractivity contribution >= 4 is 59.4 Å². The summed E-state index contributed by atoms with van der Waals surface area (Å²) < 4.78 is 71.6. The molecule has 29 heavy (non-hydrogen) atoms. The van der Waals surface area contributed by atoms with Crippen LogP contribution >= 0.6 is 43.5 Å². The quantitative estimate of drug-likeness (QED) is 0.569. The van der Waals surface area contributed by atoms with E-state index in [0.717, 1.165) is 4.57 Å². The molecule has 1 amide bonds. The number of hydrogen-bond acceptors (Lipinski definition) is 5. The standard InChI is InChI=1S/C15H11Br2ClF3N3O4S/c1-28-6-2-3-8(16)10(4-6)29(26,27)23-13(25)11-12(17)24(14(18)22-11)9-5-7(9)15(19,20)21/h2-4,7,9H,5H2,1H3,(H,23,25)/t7-,9-/m0/s1. The first-order chi connectivity index (χ1) is 13.4. The number of hydrogen-bond donors (Lipinski definition) is 1. The number of alkyl halides is 3. The Morgan fingerprint density at radius 2 is 2.03 bits per heavy atom. The molecule has 3 rings (SSSR count). The third kappa shape index (κ3) is 4.42. The van der Waals surface area contributed by atoms with Crippen LogP contribution in [0.25, 0.3) is 0 Å². The van der Waals surface area contributed by atoms with E-state index in [1.165, 1.54) is 25.3 Å². The van der Waals surface area contributed by atoms with Gasteiger partial charge >= 0.3 is 6.18 Å². The van der Waals surface area contributed by atoms with Gasteiger partial charge in [-0.1, -0.05) is 0 Å². The van der Waals surface area contributed by atoms with Crippen LogP contribution in [0.15, 0.2) is 32.2 Å². The van der Waals surface area contributed by atoms with E-state index < -0.39 is 39.8 Å². The van der Waals surface area contributed by atoms with E-state index in [1.807, 2.05) is 4.72 Å². The Balaban J connectivity index is 1.88. The van der Waals surface area contributed by atoms with Gasteiger partial charge in [-0.2, -0.15) is 13.2 Å². The largest absolute Gasteiger partial charge is 0.497 e. The van der Waals surface area contributed by atoms with Crippen LogP contribution in [0.5, 0.6) is 5.75 Å². The number of imidazole rings is 1. The Labute approximate surface area is 184 Å². The minimum Gasteiger partial charge on any atom is -0.497 e. The highest BCUT2D eigenvalue weighted by Gasteiger charge is 2.57. The lowest BCUT2D eigenvalue weighted by atomic mass is 10.3. The Bertz CT molecular complexity index is 1090. The van der Waals surface area contributed by atoms with Crippen molar-refractivity contribution < 1.29 is 31.1 Å². The maximum absolute atomic E-state index is 12.8. The molecule has 0 bridgehead atoms. The molecule has 1 aromatic heterocycles. The molecule has 1 aromatic carbocycles. The fourth-order valence-electron chi connectivity index (χ4n) is 2.67. The Morgan fingerprint density at radius 1 is 1.38 bits per heavy atom. The second-order valence-electron chi connectivity index (χ2n) is 6.07. The third-order valence-electron chi connectivity index (χ3n) is 4.19. The second kappa shape index (κ2) is 7.75. The van der Waals surface area contributed by atoms with Crippen molar-refractivity contribution in [2.75, 3.05) is 7.11 Å². The second-order valence-corrected chi connectivity index (χ2v) is 9.67. The van der Waals surface area contributed by atoms with E-state index in [4.69, 9.17) is 16.3 Å².